The molecule has 21 heavy (non-hydrogen) atoms. The van der Waals surface area contributed by atoms with Gasteiger partial charge in [-0.25, -0.2) is 0 Å². The van der Waals surface area contributed by atoms with Crippen molar-refractivity contribution in [3.05, 3.63) is 17.5 Å². The molecule has 4 nitrogen and oxygen atoms in total. The van der Waals surface area contributed by atoms with Crippen molar-refractivity contribution in [3.63, 3.8) is 0 Å². The minimum absolute atomic E-state index is 0.306. The predicted octanol–water partition coefficient (Wildman–Crippen LogP) is 3.43. The Hall–Kier alpha value is -1.08. The quantitative estimate of drug-likeness (QED) is 0.782. The van der Waals surface area contributed by atoms with Crippen LogP contribution in [0.2, 0.25) is 0 Å². The SMILES string of the molecule is COCCCn1nc(C(F)(F)F)cc1C1CC(C)CCO1. The zero-order chi connectivity index (χ0) is 15.5. The Morgan fingerprint density at radius 2 is 2.24 bits per heavy atom. The third-order valence-corrected chi connectivity index (χ3v) is 3.70. The summed E-state index contributed by atoms with van der Waals surface area (Å²) >= 11 is 0. The van der Waals surface area contributed by atoms with Crippen LogP contribution in [-0.2, 0) is 22.2 Å². The Kier molecular flexibility index (Phi) is 5.27. The van der Waals surface area contributed by atoms with Gasteiger partial charge in [0, 0.05) is 26.9 Å². The summed E-state index contributed by atoms with van der Waals surface area (Å²) in [5.74, 6) is 0.445. The van der Waals surface area contributed by atoms with Gasteiger partial charge in [-0.15, -0.1) is 0 Å². The van der Waals surface area contributed by atoms with Gasteiger partial charge in [0.25, 0.3) is 0 Å². The average molecular weight is 306 g/mol. The highest BCUT2D eigenvalue weighted by Crippen LogP contribution is 2.35. The summed E-state index contributed by atoms with van der Waals surface area (Å²) < 4.78 is 50.6. The molecule has 120 valence electrons. The number of aryl methyl sites for hydroxylation is 1. The van der Waals surface area contributed by atoms with Gasteiger partial charge in [0.1, 0.15) is 0 Å². The highest BCUT2D eigenvalue weighted by Gasteiger charge is 2.36. The van der Waals surface area contributed by atoms with Gasteiger partial charge in [0.15, 0.2) is 5.69 Å². The summed E-state index contributed by atoms with van der Waals surface area (Å²) in [7, 11) is 1.57. The van der Waals surface area contributed by atoms with E-state index >= 15 is 0 Å². The molecule has 0 radical (unpaired) electrons. The second-order valence-corrected chi connectivity index (χ2v) is 5.51. The van der Waals surface area contributed by atoms with Crippen LogP contribution in [-0.4, -0.2) is 30.1 Å². The lowest BCUT2D eigenvalue weighted by Crippen LogP contribution is -2.21. The maximum atomic E-state index is 12.9. The van der Waals surface area contributed by atoms with Crippen LogP contribution in [0, 0.1) is 5.92 Å². The lowest BCUT2D eigenvalue weighted by molar-refractivity contribution is -0.141. The fourth-order valence-corrected chi connectivity index (χ4v) is 2.54. The summed E-state index contributed by atoms with van der Waals surface area (Å²) in [4.78, 5) is 0. The van der Waals surface area contributed by atoms with E-state index < -0.39 is 11.9 Å². The van der Waals surface area contributed by atoms with Crippen molar-refractivity contribution < 1.29 is 22.6 Å². The van der Waals surface area contributed by atoms with Crippen LogP contribution in [0.25, 0.3) is 0 Å². The van der Waals surface area contributed by atoms with Crippen LogP contribution in [0.1, 0.15) is 43.7 Å². The predicted molar refractivity (Wildman–Crippen MR) is 70.8 cm³/mol. The second kappa shape index (κ2) is 6.79. The molecule has 7 heteroatoms. The number of nitrogens with zero attached hydrogens (tertiary/aromatic N) is 2. The molecule has 0 bridgehead atoms. The number of ether oxygens (including phenoxy) is 2. The van der Waals surface area contributed by atoms with Crippen LogP contribution in [0.5, 0.6) is 0 Å². The molecule has 0 amide bonds. The summed E-state index contributed by atoms with van der Waals surface area (Å²) in [6.45, 7) is 3.55. The fraction of sp³-hybridized carbons (Fsp3) is 0.786. The first-order valence-electron chi connectivity index (χ1n) is 7.17. The van der Waals surface area contributed by atoms with Crippen molar-refractivity contribution in [2.24, 2.45) is 5.92 Å². The highest BCUT2D eigenvalue weighted by molar-refractivity contribution is 5.16. The van der Waals surface area contributed by atoms with E-state index in [-0.39, 0.29) is 6.10 Å². The van der Waals surface area contributed by atoms with E-state index in [0.29, 0.717) is 37.8 Å². The number of aromatic nitrogens is 2. The van der Waals surface area contributed by atoms with E-state index in [1.165, 1.54) is 4.68 Å². The normalized spacial score (nSPS) is 23.5. The first-order chi connectivity index (χ1) is 9.91. The van der Waals surface area contributed by atoms with Crippen molar-refractivity contribution in [3.8, 4) is 0 Å². The van der Waals surface area contributed by atoms with E-state index in [0.717, 1.165) is 18.9 Å². The van der Waals surface area contributed by atoms with Crippen molar-refractivity contribution in [2.75, 3.05) is 20.3 Å². The van der Waals surface area contributed by atoms with Gasteiger partial charge >= 0.3 is 6.18 Å². The van der Waals surface area contributed by atoms with E-state index in [9.17, 15) is 13.2 Å². The summed E-state index contributed by atoms with van der Waals surface area (Å²) in [5.41, 5.74) is -0.332. The highest BCUT2D eigenvalue weighted by atomic mass is 19.4. The first kappa shape index (κ1) is 16.3. The summed E-state index contributed by atoms with van der Waals surface area (Å²) in [6, 6.07) is 1.12. The van der Waals surface area contributed by atoms with Gasteiger partial charge in [0.05, 0.1) is 11.8 Å². The standard InChI is InChI=1S/C14H21F3N2O2/c1-10-4-7-21-12(8-10)11-9-13(14(15,16)17)18-19(11)5-3-6-20-2/h9-10,12H,3-8H2,1-2H3. The molecule has 2 atom stereocenters. The van der Waals surface area contributed by atoms with Gasteiger partial charge in [-0.2, -0.15) is 18.3 Å². The van der Waals surface area contributed by atoms with Gasteiger partial charge in [0.2, 0.25) is 0 Å². The number of methoxy groups -OCH3 is 1. The Morgan fingerprint density at radius 3 is 2.86 bits per heavy atom. The van der Waals surface area contributed by atoms with Crippen molar-refractivity contribution in [1.29, 1.82) is 0 Å². The molecule has 1 fully saturated rings. The van der Waals surface area contributed by atoms with Crippen LogP contribution >= 0.6 is 0 Å². The maximum Gasteiger partial charge on any atom is 0.435 e. The van der Waals surface area contributed by atoms with E-state index in [2.05, 4.69) is 12.0 Å². The number of hydrogen-bond donors (Lipinski definition) is 0. The van der Waals surface area contributed by atoms with Crippen LogP contribution < -0.4 is 0 Å². The molecule has 2 rings (SSSR count). The maximum absolute atomic E-state index is 12.9. The van der Waals surface area contributed by atoms with Crippen molar-refractivity contribution in [2.45, 2.75) is 45.0 Å². The van der Waals surface area contributed by atoms with Gasteiger partial charge in [-0.05, 0) is 31.2 Å². The van der Waals surface area contributed by atoms with E-state index in [1.807, 2.05) is 0 Å². The number of rotatable bonds is 5. The lowest BCUT2D eigenvalue weighted by atomic mass is 9.96. The molecule has 0 aromatic carbocycles. The zero-order valence-electron chi connectivity index (χ0n) is 12.3. The van der Waals surface area contributed by atoms with Gasteiger partial charge in [-0.3, -0.25) is 4.68 Å². The number of alkyl halides is 3. The molecule has 0 aliphatic carbocycles. The minimum atomic E-state index is -4.43. The molecule has 1 aromatic rings. The fourth-order valence-electron chi connectivity index (χ4n) is 2.54. The minimum Gasteiger partial charge on any atom is -0.385 e. The molecule has 1 aromatic heterocycles. The molecule has 0 N–H and O–H groups in total. The van der Waals surface area contributed by atoms with E-state index in [4.69, 9.17) is 9.47 Å². The van der Waals surface area contributed by atoms with Crippen molar-refractivity contribution >= 4 is 0 Å². The number of hydrogen-bond acceptors (Lipinski definition) is 3. The van der Waals surface area contributed by atoms with Crippen molar-refractivity contribution in [1.82, 2.24) is 9.78 Å². The topological polar surface area (TPSA) is 36.3 Å². The van der Waals surface area contributed by atoms with Gasteiger partial charge in [-0.1, -0.05) is 6.92 Å². The number of halogens is 3. The Morgan fingerprint density at radius 1 is 1.48 bits per heavy atom. The molecule has 1 aliphatic rings. The average Bonchev–Trinajstić information content (AvgIpc) is 2.83. The molecule has 0 saturated carbocycles. The summed E-state index contributed by atoms with van der Waals surface area (Å²) in [6.07, 6.45) is -2.44. The lowest BCUT2D eigenvalue weighted by Gasteiger charge is -2.27. The third kappa shape index (κ3) is 4.20. The largest absolute Gasteiger partial charge is 0.435 e. The molecule has 2 heterocycles. The molecule has 1 saturated heterocycles. The Labute approximate surface area is 122 Å². The molecular weight excluding hydrogens is 285 g/mol. The zero-order valence-corrected chi connectivity index (χ0v) is 12.3. The molecule has 0 spiro atoms. The van der Waals surface area contributed by atoms with Crippen LogP contribution in [0.3, 0.4) is 0 Å². The smallest absolute Gasteiger partial charge is 0.385 e. The molecular formula is C14H21F3N2O2. The Bertz CT molecular complexity index is 460. The van der Waals surface area contributed by atoms with E-state index in [1.54, 1.807) is 7.11 Å². The first-order valence-corrected chi connectivity index (χ1v) is 7.17. The molecule has 1 aliphatic heterocycles. The van der Waals surface area contributed by atoms with Crippen LogP contribution in [0.4, 0.5) is 13.2 Å². The Balaban J connectivity index is 2.21. The van der Waals surface area contributed by atoms with Gasteiger partial charge < -0.3 is 9.47 Å². The monoisotopic (exact) mass is 306 g/mol. The third-order valence-electron chi connectivity index (χ3n) is 3.70. The second-order valence-electron chi connectivity index (χ2n) is 5.51. The molecule has 2 unspecified atom stereocenters. The summed E-state index contributed by atoms with van der Waals surface area (Å²) in [5, 5.41) is 3.71. The van der Waals surface area contributed by atoms with Crippen LogP contribution in [0.15, 0.2) is 6.07 Å².